The van der Waals surface area contributed by atoms with E-state index in [9.17, 15) is 0 Å². The van der Waals surface area contributed by atoms with Crippen molar-refractivity contribution in [3.05, 3.63) is 29.8 Å². The minimum absolute atomic E-state index is 0.357. The van der Waals surface area contributed by atoms with Crippen molar-refractivity contribution in [3.63, 3.8) is 0 Å². The molecule has 0 aromatic heterocycles. The first-order valence-electron chi connectivity index (χ1n) is 7.78. The Balaban J connectivity index is 1.67. The van der Waals surface area contributed by atoms with Crippen molar-refractivity contribution in [2.75, 3.05) is 26.2 Å². The molecular weight excluding hydrogens is 260 g/mol. The molecule has 1 aliphatic heterocycles. The first-order valence-corrected chi connectivity index (χ1v) is 7.78. The molecule has 0 aliphatic carbocycles. The number of nitrogens with zero attached hydrogens (tertiary/aromatic N) is 1. The summed E-state index contributed by atoms with van der Waals surface area (Å²) < 4.78 is 5.82. The van der Waals surface area contributed by atoms with Crippen molar-refractivity contribution in [1.82, 2.24) is 10.2 Å². The third-order valence-electron chi connectivity index (χ3n) is 3.94. The fourth-order valence-corrected chi connectivity index (χ4v) is 2.69. The van der Waals surface area contributed by atoms with Crippen LogP contribution < -0.4 is 10.1 Å². The number of ether oxygens (including phenoxy) is 1. The van der Waals surface area contributed by atoms with Gasteiger partial charge in [-0.1, -0.05) is 23.6 Å². The van der Waals surface area contributed by atoms with Crippen LogP contribution in [0, 0.1) is 19.3 Å². The minimum atomic E-state index is 0.357. The predicted octanol–water partition coefficient (Wildman–Crippen LogP) is 2.45. The molecule has 1 saturated heterocycles. The van der Waals surface area contributed by atoms with Gasteiger partial charge in [0.05, 0.1) is 6.54 Å². The van der Waals surface area contributed by atoms with Gasteiger partial charge in [-0.2, -0.15) is 0 Å². The monoisotopic (exact) mass is 286 g/mol. The Morgan fingerprint density at radius 2 is 2.00 bits per heavy atom. The van der Waals surface area contributed by atoms with Gasteiger partial charge in [-0.25, -0.2) is 0 Å². The highest BCUT2D eigenvalue weighted by atomic mass is 16.5. The Kier molecular flexibility index (Phi) is 6.10. The van der Waals surface area contributed by atoms with Crippen LogP contribution in [0.1, 0.15) is 25.3 Å². The van der Waals surface area contributed by atoms with Crippen molar-refractivity contribution in [2.45, 2.75) is 38.8 Å². The molecule has 1 atom stereocenters. The number of rotatable bonds is 6. The Morgan fingerprint density at radius 3 is 2.62 bits per heavy atom. The number of aryl methyl sites for hydroxylation is 1. The number of piperidine rings is 1. The van der Waals surface area contributed by atoms with Gasteiger partial charge >= 0.3 is 0 Å². The molecule has 1 heterocycles. The molecule has 3 nitrogen and oxygen atoms in total. The second-order valence-electron chi connectivity index (χ2n) is 5.95. The van der Waals surface area contributed by atoms with E-state index >= 15 is 0 Å². The highest BCUT2D eigenvalue weighted by Crippen LogP contribution is 2.13. The third kappa shape index (κ3) is 5.41. The van der Waals surface area contributed by atoms with Crippen LogP contribution >= 0.6 is 0 Å². The lowest BCUT2D eigenvalue weighted by molar-refractivity contribution is 0.194. The Bertz CT molecular complexity index is 455. The van der Waals surface area contributed by atoms with Crippen LogP contribution in [0.4, 0.5) is 0 Å². The van der Waals surface area contributed by atoms with E-state index in [0.717, 1.165) is 38.2 Å². The zero-order valence-corrected chi connectivity index (χ0v) is 13.1. The van der Waals surface area contributed by atoms with Crippen LogP contribution in [0.2, 0.25) is 0 Å². The van der Waals surface area contributed by atoms with Crippen molar-refractivity contribution in [3.8, 4) is 18.1 Å². The molecule has 21 heavy (non-hydrogen) atoms. The van der Waals surface area contributed by atoms with E-state index in [1.807, 2.05) is 12.1 Å². The highest BCUT2D eigenvalue weighted by molar-refractivity contribution is 5.26. The normalized spacial score (nSPS) is 18.1. The summed E-state index contributed by atoms with van der Waals surface area (Å²) in [5, 5.41) is 3.66. The van der Waals surface area contributed by atoms with E-state index < -0.39 is 0 Å². The molecule has 0 bridgehead atoms. The molecule has 0 radical (unpaired) electrons. The summed E-state index contributed by atoms with van der Waals surface area (Å²) in [5.74, 6) is 3.66. The van der Waals surface area contributed by atoms with E-state index in [2.05, 4.69) is 42.1 Å². The van der Waals surface area contributed by atoms with Gasteiger partial charge < -0.3 is 10.1 Å². The molecule has 0 saturated carbocycles. The summed E-state index contributed by atoms with van der Waals surface area (Å²) in [6.45, 7) is 7.93. The van der Waals surface area contributed by atoms with Gasteiger partial charge in [0.2, 0.25) is 0 Å². The second-order valence-corrected chi connectivity index (χ2v) is 5.95. The van der Waals surface area contributed by atoms with Gasteiger partial charge in [0.1, 0.15) is 12.4 Å². The van der Waals surface area contributed by atoms with Gasteiger partial charge in [0.15, 0.2) is 0 Å². The molecule has 3 heteroatoms. The molecule has 114 valence electrons. The molecule has 0 spiro atoms. The lowest BCUT2D eigenvalue weighted by Gasteiger charge is -2.32. The van der Waals surface area contributed by atoms with Crippen molar-refractivity contribution < 1.29 is 4.74 Å². The number of terminal acetylenes is 1. The fourth-order valence-electron chi connectivity index (χ4n) is 2.69. The highest BCUT2D eigenvalue weighted by Gasteiger charge is 2.19. The number of benzene rings is 1. The van der Waals surface area contributed by atoms with E-state index in [1.165, 1.54) is 5.56 Å². The Hall–Kier alpha value is -1.50. The van der Waals surface area contributed by atoms with E-state index in [4.69, 9.17) is 11.2 Å². The molecule has 1 aromatic carbocycles. The molecule has 1 fully saturated rings. The molecular formula is C18H26N2O. The second kappa shape index (κ2) is 8.07. The van der Waals surface area contributed by atoms with Crippen LogP contribution in [-0.2, 0) is 0 Å². The van der Waals surface area contributed by atoms with Gasteiger partial charge in [-0.3, -0.25) is 4.90 Å². The summed E-state index contributed by atoms with van der Waals surface area (Å²) in [5.41, 5.74) is 1.26. The summed E-state index contributed by atoms with van der Waals surface area (Å²) in [7, 11) is 0. The van der Waals surface area contributed by atoms with Gasteiger partial charge in [0, 0.05) is 25.2 Å². The van der Waals surface area contributed by atoms with Crippen LogP contribution in [0.5, 0.6) is 5.75 Å². The minimum Gasteiger partial charge on any atom is -0.492 e. The zero-order valence-electron chi connectivity index (χ0n) is 13.1. The summed E-state index contributed by atoms with van der Waals surface area (Å²) >= 11 is 0. The maximum atomic E-state index is 5.82. The first kappa shape index (κ1) is 15.9. The van der Waals surface area contributed by atoms with Crippen LogP contribution in [-0.4, -0.2) is 43.2 Å². The first-order chi connectivity index (χ1) is 10.2. The van der Waals surface area contributed by atoms with E-state index in [-0.39, 0.29) is 0 Å². The molecule has 1 aliphatic rings. The molecule has 1 unspecified atom stereocenters. The number of likely N-dealkylation sites (tertiary alicyclic amines) is 1. The van der Waals surface area contributed by atoms with Crippen molar-refractivity contribution >= 4 is 0 Å². The van der Waals surface area contributed by atoms with E-state index in [1.54, 1.807) is 0 Å². The maximum Gasteiger partial charge on any atom is 0.119 e. The fraction of sp³-hybridized carbons (Fsp3) is 0.556. The van der Waals surface area contributed by atoms with Crippen LogP contribution in [0.15, 0.2) is 24.3 Å². The average molecular weight is 286 g/mol. The third-order valence-corrected chi connectivity index (χ3v) is 3.94. The lowest BCUT2D eigenvalue weighted by Crippen LogP contribution is -2.47. The molecule has 2 rings (SSSR count). The summed E-state index contributed by atoms with van der Waals surface area (Å²) in [6.07, 6.45) is 7.68. The number of hydrogen-bond donors (Lipinski definition) is 1. The predicted molar refractivity (Wildman–Crippen MR) is 87.6 cm³/mol. The quantitative estimate of drug-likeness (QED) is 0.813. The largest absolute Gasteiger partial charge is 0.492 e. The number of nitrogens with one attached hydrogen (secondary N) is 1. The topological polar surface area (TPSA) is 24.5 Å². The SMILES string of the molecule is C#CCN1CCC(NC(C)COc2ccc(C)cc2)CC1. The van der Waals surface area contributed by atoms with Crippen molar-refractivity contribution in [2.24, 2.45) is 0 Å². The molecule has 1 aromatic rings. The Labute approximate surface area is 128 Å². The maximum absolute atomic E-state index is 5.82. The molecule has 0 amide bonds. The van der Waals surface area contributed by atoms with Crippen LogP contribution in [0.3, 0.4) is 0 Å². The van der Waals surface area contributed by atoms with Gasteiger partial charge in [-0.15, -0.1) is 6.42 Å². The summed E-state index contributed by atoms with van der Waals surface area (Å²) in [4.78, 5) is 2.34. The molecule has 1 N–H and O–H groups in total. The Morgan fingerprint density at radius 1 is 1.33 bits per heavy atom. The van der Waals surface area contributed by atoms with Crippen LogP contribution in [0.25, 0.3) is 0 Å². The van der Waals surface area contributed by atoms with Gasteiger partial charge in [-0.05, 0) is 38.8 Å². The van der Waals surface area contributed by atoms with Gasteiger partial charge in [0.25, 0.3) is 0 Å². The lowest BCUT2D eigenvalue weighted by atomic mass is 10.0. The number of hydrogen-bond acceptors (Lipinski definition) is 3. The average Bonchev–Trinajstić information content (AvgIpc) is 2.49. The summed E-state index contributed by atoms with van der Waals surface area (Å²) in [6, 6.07) is 9.15. The van der Waals surface area contributed by atoms with Crippen molar-refractivity contribution in [1.29, 1.82) is 0 Å². The zero-order chi connectivity index (χ0) is 15.1. The standard InChI is InChI=1S/C18H26N2O/c1-4-11-20-12-9-17(10-13-20)19-16(3)14-21-18-7-5-15(2)6-8-18/h1,5-8,16-17,19H,9-14H2,2-3H3. The van der Waals surface area contributed by atoms with E-state index in [0.29, 0.717) is 18.7 Å². The smallest absolute Gasteiger partial charge is 0.119 e.